The van der Waals surface area contributed by atoms with Gasteiger partial charge in [0.2, 0.25) is 11.8 Å². The number of nitrogens with one attached hydrogen (secondary N) is 1. The van der Waals surface area contributed by atoms with Gasteiger partial charge in [0.1, 0.15) is 0 Å². The second-order valence-electron chi connectivity index (χ2n) is 5.91. The van der Waals surface area contributed by atoms with Gasteiger partial charge >= 0.3 is 0 Å². The van der Waals surface area contributed by atoms with Crippen LogP contribution in [0.4, 0.5) is 0 Å². The average Bonchev–Trinajstić information content (AvgIpc) is 2.37. The lowest BCUT2D eigenvalue weighted by Gasteiger charge is -2.34. The van der Waals surface area contributed by atoms with Gasteiger partial charge in [-0.25, -0.2) is 0 Å². The quantitative estimate of drug-likeness (QED) is 0.790. The summed E-state index contributed by atoms with van der Waals surface area (Å²) in [7, 11) is 0. The summed E-state index contributed by atoms with van der Waals surface area (Å²) >= 11 is 0. The highest BCUT2D eigenvalue weighted by Gasteiger charge is 2.28. The molecule has 2 unspecified atom stereocenters. The van der Waals surface area contributed by atoms with E-state index in [-0.39, 0.29) is 35.7 Å². The van der Waals surface area contributed by atoms with Crippen molar-refractivity contribution in [2.45, 2.75) is 52.6 Å². The molecule has 0 aliphatic carbocycles. The highest BCUT2D eigenvalue weighted by atomic mass is 16.2. The lowest BCUT2D eigenvalue weighted by Crippen LogP contribution is -2.50. The van der Waals surface area contributed by atoms with Crippen LogP contribution in [0.1, 0.15) is 40.5 Å². The summed E-state index contributed by atoms with van der Waals surface area (Å²) in [5.74, 6) is 0.0944. The predicted molar refractivity (Wildman–Crippen MR) is 75.4 cm³/mol. The van der Waals surface area contributed by atoms with E-state index >= 15 is 0 Å². The lowest BCUT2D eigenvalue weighted by molar-refractivity contribution is -0.136. The summed E-state index contributed by atoms with van der Waals surface area (Å²) in [6.07, 6.45) is 1.66. The zero-order chi connectivity index (χ0) is 14.6. The van der Waals surface area contributed by atoms with Gasteiger partial charge in [-0.2, -0.15) is 0 Å². The Morgan fingerprint density at radius 3 is 2.11 bits per heavy atom. The molecule has 0 aromatic heterocycles. The minimum absolute atomic E-state index is 0.0118. The van der Waals surface area contributed by atoms with Gasteiger partial charge in [-0.05, 0) is 19.8 Å². The fourth-order valence-electron chi connectivity index (χ4n) is 2.12. The number of hydrogen-bond acceptors (Lipinski definition) is 3. The number of hydrogen-bond donors (Lipinski definition) is 2. The number of likely N-dealkylation sites (tertiary alicyclic amines) is 1. The first kappa shape index (κ1) is 16.0. The molecule has 110 valence electrons. The highest BCUT2D eigenvalue weighted by molar-refractivity contribution is 5.79. The van der Waals surface area contributed by atoms with E-state index in [2.05, 4.69) is 5.32 Å². The zero-order valence-electron chi connectivity index (χ0n) is 12.5. The molecule has 1 aliphatic heterocycles. The minimum Gasteiger partial charge on any atom is -0.353 e. The Morgan fingerprint density at radius 1 is 1.16 bits per heavy atom. The third-order valence-electron chi connectivity index (χ3n) is 3.86. The van der Waals surface area contributed by atoms with Crippen LogP contribution < -0.4 is 11.1 Å². The largest absolute Gasteiger partial charge is 0.353 e. The zero-order valence-corrected chi connectivity index (χ0v) is 12.5. The smallest absolute Gasteiger partial charge is 0.226 e. The molecule has 0 aromatic carbocycles. The van der Waals surface area contributed by atoms with Crippen LogP contribution in [-0.4, -0.2) is 41.9 Å². The molecule has 5 nitrogen and oxygen atoms in total. The van der Waals surface area contributed by atoms with Crippen LogP contribution in [0.25, 0.3) is 0 Å². The van der Waals surface area contributed by atoms with Crippen LogP contribution in [-0.2, 0) is 9.59 Å². The van der Waals surface area contributed by atoms with Gasteiger partial charge in [0.05, 0.1) is 5.92 Å². The Morgan fingerprint density at radius 2 is 1.68 bits per heavy atom. The van der Waals surface area contributed by atoms with Gasteiger partial charge in [-0.15, -0.1) is 0 Å². The average molecular weight is 269 g/mol. The molecule has 1 aliphatic rings. The Kier molecular flexibility index (Phi) is 5.79. The molecule has 1 fully saturated rings. The minimum atomic E-state index is -0.137. The molecule has 2 amide bonds. The molecule has 0 radical (unpaired) electrons. The number of piperidine rings is 1. The van der Waals surface area contributed by atoms with Gasteiger partial charge in [0, 0.05) is 31.1 Å². The monoisotopic (exact) mass is 269 g/mol. The molecule has 1 rings (SSSR count). The van der Waals surface area contributed by atoms with E-state index in [1.807, 2.05) is 32.6 Å². The van der Waals surface area contributed by atoms with Crippen molar-refractivity contribution in [2.24, 2.45) is 17.6 Å². The van der Waals surface area contributed by atoms with E-state index in [1.54, 1.807) is 0 Å². The van der Waals surface area contributed by atoms with Gasteiger partial charge in [-0.1, -0.05) is 20.8 Å². The van der Waals surface area contributed by atoms with Crippen molar-refractivity contribution in [2.75, 3.05) is 13.1 Å². The van der Waals surface area contributed by atoms with Gasteiger partial charge in [0.25, 0.3) is 0 Å². The van der Waals surface area contributed by atoms with Crippen molar-refractivity contribution in [3.8, 4) is 0 Å². The van der Waals surface area contributed by atoms with Gasteiger partial charge in [-0.3, -0.25) is 9.59 Å². The first-order valence-electron chi connectivity index (χ1n) is 7.17. The summed E-state index contributed by atoms with van der Waals surface area (Å²) in [6, 6.07) is 0.0791. The fourth-order valence-corrected chi connectivity index (χ4v) is 2.12. The maximum Gasteiger partial charge on any atom is 0.226 e. The van der Waals surface area contributed by atoms with Crippen molar-refractivity contribution >= 4 is 11.8 Å². The second-order valence-corrected chi connectivity index (χ2v) is 5.91. The van der Waals surface area contributed by atoms with Gasteiger partial charge < -0.3 is 16.0 Å². The van der Waals surface area contributed by atoms with E-state index in [0.29, 0.717) is 13.1 Å². The SMILES string of the molecule is CC(C)C(=O)NC1CCN(C(=O)C(C)C(C)N)CC1. The Bertz CT molecular complexity index is 321. The number of carbonyl (C=O) groups excluding carboxylic acids is 2. The van der Waals surface area contributed by atoms with Gasteiger partial charge in [0.15, 0.2) is 0 Å². The number of amides is 2. The van der Waals surface area contributed by atoms with Crippen LogP contribution in [0.5, 0.6) is 0 Å². The Hall–Kier alpha value is -1.10. The number of nitrogens with two attached hydrogens (primary N) is 1. The van der Waals surface area contributed by atoms with Crippen molar-refractivity contribution < 1.29 is 9.59 Å². The number of carbonyl (C=O) groups is 2. The fraction of sp³-hybridized carbons (Fsp3) is 0.857. The molecule has 0 bridgehead atoms. The second kappa shape index (κ2) is 6.89. The van der Waals surface area contributed by atoms with Crippen molar-refractivity contribution in [1.29, 1.82) is 0 Å². The first-order chi connectivity index (χ1) is 8.82. The van der Waals surface area contributed by atoms with E-state index < -0.39 is 0 Å². The molecule has 2 atom stereocenters. The molecule has 3 N–H and O–H groups in total. The van der Waals surface area contributed by atoms with Crippen molar-refractivity contribution in [3.63, 3.8) is 0 Å². The predicted octanol–water partition coefficient (Wildman–Crippen LogP) is 0.733. The highest BCUT2D eigenvalue weighted by Crippen LogP contribution is 2.15. The molecule has 0 saturated carbocycles. The van der Waals surface area contributed by atoms with E-state index in [0.717, 1.165) is 12.8 Å². The van der Waals surface area contributed by atoms with Crippen molar-refractivity contribution in [1.82, 2.24) is 10.2 Å². The first-order valence-corrected chi connectivity index (χ1v) is 7.17. The third-order valence-corrected chi connectivity index (χ3v) is 3.86. The van der Waals surface area contributed by atoms with E-state index in [4.69, 9.17) is 5.73 Å². The van der Waals surface area contributed by atoms with Crippen LogP contribution >= 0.6 is 0 Å². The topological polar surface area (TPSA) is 75.4 Å². The Labute approximate surface area is 115 Å². The molecule has 19 heavy (non-hydrogen) atoms. The normalized spacial score (nSPS) is 20.2. The van der Waals surface area contributed by atoms with Crippen LogP contribution in [0.3, 0.4) is 0 Å². The van der Waals surface area contributed by atoms with Crippen LogP contribution in [0.15, 0.2) is 0 Å². The maximum absolute atomic E-state index is 12.1. The van der Waals surface area contributed by atoms with Crippen LogP contribution in [0, 0.1) is 11.8 Å². The maximum atomic E-state index is 12.1. The Balaban J connectivity index is 2.41. The molecule has 5 heteroatoms. The molecule has 0 spiro atoms. The molecule has 0 aromatic rings. The van der Waals surface area contributed by atoms with E-state index in [9.17, 15) is 9.59 Å². The molecule has 1 heterocycles. The summed E-state index contributed by atoms with van der Waals surface area (Å²) in [5.41, 5.74) is 5.77. The summed E-state index contributed by atoms with van der Waals surface area (Å²) in [6.45, 7) is 8.92. The molecule has 1 saturated heterocycles. The summed E-state index contributed by atoms with van der Waals surface area (Å²) in [5, 5.41) is 3.03. The van der Waals surface area contributed by atoms with Crippen molar-refractivity contribution in [3.05, 3.63) is 0 Å². The third kappa shape index (κ3) is 4.49. The molecular formula is C14H27N3O2. The number of nitrogens with zero attached hydrogens (tertiary/aromatic N) is 1. The number of rotatable bonds is 4. The standard InChI is InChI=1S/C14H27N3O2/c1-9(2)13(18)16-12-5-7-17(8-6-12)14(19)10(3)11(4)15/h9-12H,5-8,15H2,1-4H3,(H,16,18). The van der Waals surface area contributed by atoms with E-state index in [1.165, 1.54) is 0 Å². The van der Waals surface area contributed by atoms with Crippen LogP contribution in [0.2, 0.25) is 0 Å². The lowest BCUT2D eigenvalue weighted by atomic mass is 9.99. The molecular weight excluding hydrogens is 242 g/mol. The summed E-state index contributed by atoms with van der Waals surface area (Å²) < 4.78 is 0. The summed E-state index contributed by atoms with van der Waals surface area (Å²) in [4.78, 5) is 25.6.